The van der Waals surface area contributed by atoms with E-state index < -0.39 is 0 Å². The highest BCUT2D eigenvalue weighted by Crippen LogP contribution is 2.45. The lowest BCUT2D eigenvalue weighted by Crippen LogP contribution is -1.89. The van der Waals surface area contributed by atoms with Crippen molar-refractivity contribution in [2.75, 3.05) is 0 Å². The maximum atomic E-state index is 2.44. The van der Waals surface area contributed by atoms with Crippen LogP contribution < -0.4 is 0 Å². The first-order valence-electron chi connectivity index (χ1n) is 18.8. The van der Waals surface area contributed by atoms with Gasteiger partial charge in [-0.15, -0.1) is 0 Å². The molecule has 54 heavy (non-hydrogen) atoms. The summed E-state index contributed by atoms with van der Waals surface area (Å²) in [5.41, 5.74) is 5.01. The first kappa shape index (κ1) is 29.5. The van der Waals surface area contributed by atoms with E-state index >= 15 is 0 Å². The average molecular weight is 681 g/mol. The Balaban J connectivity index is 1.08. The highest BCUT2D eigenvalue weighted by atomic mass is 14.2. The summed E-state index contributed by atoms with van der Waals surface area (Å²) >= 11 is 0. The summed E-state index contributed by atoms with van der Waals surface area (Å²) in [5.74, 6) is 0. The Labute approximate surface area is 312 Å². The molecule has 0 aliphatic rings. The predicted molar refractivity (Wildman–Crippen MR) is 235 cm³/mol. The summed E-state index contributed by atoms with van der Waals surface area (Å²) in [6.07, 6.45) is 0. The van der Waals surface area contributed by atoms with Gasteiger partial charge < -0.3 is 0 Å². The van der Waals surface area contributed by atoms with Gasteiger partial charge in [-0.3, -0.25) is 0 Å². The molecule has 0 radical (unpaired) electrons. The second kappa shape index (κ2) is 11.2. The molecule has 0 N–H and O–H groups in total. The van der Waals surface area contributed by atoms with Crippen LogP contribution in [-0.2, 0) is 0 Å². The lowest BCUT2D eigenvalue weighted by molar-refractivity contribution is 1.68. The second-order valence-corrected chi connectivity index (χ2v) is 14.7. The van der Waals surface area contributed by atoms with Crippen molar-refractivity contribution < 1.29 is 0 Å². The minimum Gasteiger partial charge on any atom is -0.0616 e. The summed E-state index contributed by atoms with van der Waals surface area (Å²) < 4.78 is 0. The van der Waals surface area contributed by atoms with Crippen molar-refractivity contribution in [3.63, 3.8) is 0 Å². The largest absolute Gasteiger partial charge is 0.0616 e. The zero-order valence-corrected chi connectivity index (χ0v) is 29.5. The molecule has 0 unspecified atom stereocenters. The SMILES string of the molecule is c1ccc2c(c1)c(-c1ccc3cc(-c4cc5c6ccccc6c6ccccc6c5c5ccccc45)ccc3c1)cc1c3ccccc3c3ccccc3c21. The molecule has 0 aliphatic heterocycles. The molecule has 12 aromatic carbocycles. The van der Waals surface area contributed by atoms with Crippen molar-refractivity contribution in [1.82, 2.24) is 0 Å². The fourth-order valence-electron chi connectivity index (χ4n) is 9.59. The van der Waals surface area contributed by atoms with Gasteiger partial charge in [-0.2, -0.15) is 0 Å². The molecular formula is C54H32. The third-order valence-electron chi connectivity index (χ3n) is 12.0. The summed E-state index contributed by atoms with van der Waals surface area (Å²) in [5, 5.41) is 23.3. The summed E-state index contributed by atoms with van der Waals surface area (Å²) in [6.45, 7) is 0. The van der Waals surface area contributed by atoms with Gasteiger partial charge in [0.05, 0.1) is 0 Å². The van der Waals surface area contributed by atoms with Crippen LogP contribution in [0.3, 0.4) is 0 Å². The van der Waals surface area contributed by atoms with Crippen molar-refractivity contribution in [2.45, 2.75) is 0 Å². The standard InChI is InChI=1S/C54H32/c1-3-17-41-37(13-1)39-15-5-9-21-45(39)53-47-23-11-7-19-43(47)49(31-51(41)53)35-27-25-34-30-36(28-26-33(34)29-35)50-32-52-42-18-4-2-14-38(42)40-16-6-10-22-46(40)54(52)48-24-12-8-20-44(48)50/h1-32H. The number of benzene rings is 12. The van der Waals surface area contributed by atoms with E-state index in [-0.39, 0.29) is 0 Å². The predicted octanol–water partition coefficient (Wildman–Crippen LogP) is 15.4. The van der Waals surface area contributed by atoms with E-state index in [2.05, 4.69) is 194 Å². The van der Waals surface area contributed by atoms with E-state index in [4.69, 9.17) is 0 Å². The maximum absolute atomic E-state index is 2.44. The molecule has 0 nitrogen and oxygen atoms in total. The van der Waals surface area contributed by atoms with Crippen molar-refractivity contribution in [3.8, 4) is 22.3 Å². The van der Waals surface area contributed by atoms with Gasteiger partial charge in [0, 0.05) is 0 Å². The number of rotatable bonds is 2. The topological polar surface area (TPSA) is 0 Å². The Bertz CT molecular complexity index is 3310. The van der Waals surface area contributed by atoms with Crippen LogP contribution in [-0.4, -0.2) is 0 Å². The molecule has 248 valence electrons. The molecule has 0 heteroatoms. The van der Waals surface area contributed by atoms with E-state index in [9.17, 15) is 0 Å². The number of hydrogen-bond acceptors (Lipinski definition) is 0. The van der Waals surface area contributed by atoms with E-state index in [1.165, 1.54) is 119 Å². The lowest BCUT2D eigenvalue weighted by atomic mass is 9.86. The van der Waals surface area contributed by atoms with Crippen molar-refractivity contribution >= 4 is 97.0 Å². The molecule has 0 heterocycles. The monoisotopic (exact) mass is 680 g/mol. The third kappa shape index (κ3) is 4.14. The Hall–Kier alpha value is -7.02. The Morgan fingerprint density at radius 1 is 0.185 bits per heavy atom. The van der Waals surface area contributed by atoms with E-state index in [0.717, 1.165) is 0 Å². The highest BCUT2D eigenvalue weighted by molar-refractivity contribution is 6.34. The highest BCUT2D eigenvalue weighted by Gasteiger charge is 2.17. The molecule has 0 bridgehead atoms. The number of fused-ring (bicyclic) bond motifs is 17. The van der Waals surface area contributed by atoms with Crippen LogP contribution >= 0.6 is 0 Å². The molecule has 12 aromatic rings. The minimum absolute atomic E-state index is 1.24. The van der Waals surface area contributed by atoms with Crippen LogP contribution in [0.1, 0.15) is 0 Å². The van der Waals surface area contributed by atoms with E-state index in [1.807, 2.05) is 0 Å². The Morgan fingerprint density at radius 2 is 0.444 bits per heavy atom. The minimum atomic E-state index is 1.24. The molecule has 0 saturated carbocycles. The normalized spacial score (nSPS) is 12.1. The van der Waals surface area contributed by atoms with Crippen molar-refractivity contribution in [1.29, 1.82) is 0 Å². The van der Waals surface area contributed by atoms with Gasteiger partial charge in [0.1, 0.15) is 0 Å². The van der Waals surface area contributed by atoms with Crippen molar-refractivity contribution in [2.24, 2.45) is 0 Å². The molecular weight excluding hydrogens is 649 g/mol. The summed E-state index contributed by atoms with van der Waals surface area (Å²) in [6, 6.07) is 72.3. The van der Waals surface area contributed by atoms with E-state index in [1.54, 1.807) is 0 Å². The van der Waals surface area contributed by atoms with Gasteiger partial charge in [-0.25, -0.2) is 0 Å². The molecule has 0 aliphatic carbocycles. The van der Waals surface area contributed by atoms with Gasteiger partial charge in [0.15, 0.2) is 0 Å². The number of hydrogen-bond donors (Lipinski definition) is 0. The first-order valence-corrected chi connectivity index (χ1v) is 18.8. The quantitative estimate of drug-likeness (QED) is 0.159. The van der Waals surface area contributed by atoms with Gasteiger partial charge in [0.2, 0.25) is 0 Å². The van der Waals surface area contributed by atoms with Crippen LogP contribution in [0.25, 0.3) is 119 Å². The molecule has 0 aromatic heterocycles. The molecule has 0 atom stereocenters. The van der Waals surface area contributed by atoms with Gasteiger partial charge >= 0.3 is 0 Å². The zero-order valence-electron chi connectivity index (χ0n) is 29.5. The Kier molecular flexibility index (Phi) is 6.15. The first-order chi connectivity index (χ1) is 26.8. The summed E-state index contributed by atoms with van der Waals surface area (Å²) in [4.78, 5) is 0. The maximum Gasteiger partial charge on any atom is -0.00199 e. The van der Waals surface area contributed by atoms with Gasteiger partial charge in [0.25, 0.3) is 0 Å². The van der Waals surface area contributed by atoms with E-state index in [0.29, 0.717) is 0 Å². The molecule has 12 rings (SSSR count). The van der Waals surface area contributed by atoms with Crippen LogP contribution in [0.2, 0.25) is 0 Å². The average Bonchev–Trinajstić information content (AvgIpc) is 3.25. The molecule has 0 saturated heterocycles. The Morgan fingerprint density at radius 3 is 0.796 bits per heavy atom. The van der Waals surface area contributed by atoms with Crippen LogP contribution in [0.5, 0.6) is 0 Å². The third-order valence-corrected chi connectivity index (χ3v) is 12.0. The molecule has 0 amide bonds. The van der Waals surface area contributed by atoms with Crippen molar-refractivity contribution in [3.05, 3.63) is 194 Å². The smallest absolute Gasteiger partial charge is 0.00199 e. The molecule has 0 spiro atoms. The summed E-state index contributed by atoms with van der Waals surface area (Å²) in [7, 11) is 0. The zero-order chi connectivity index (χ0) is 35.3. The molecule has 0 fully saturated rings. The fraction of sp³-hybridized carbons (Fsp3) is 0. The lowest BCUT2D eigenvalue weighted by Gasteiger charge is -2.17. The van der Waals surface area contributed by atoms with Crippen LogP contribution in [0, 0.1) is 0 Å². The second-order valence-electron chi connectivity index (χ2n) is 14.7. The van der Waals surface area contributed by atoms with Crippen LogP contribution in [0.15, 0.2) is 194 Å². The van der Waals surface area contributed by atoms with Gasteiger partial charge in [-0.05, 0) is 143 Å². The van der Waals surface area contributed by atoms with Crippen LogP contribution in [0.4, 0.5) is 0 Å². The van der Waals surface area contributed by atoms with Gasteiger partial charge in [-0.1, -0.05) is 170 Å². The fourth-order valence-corrected chi connectivity index (χ4v) is 9.59.